The van der Waals surface area contributed by atoms with Gasteiger partial charge in [0.15, 0.2) is 6.23 Å². The van der Waals surface area contributed by atoms with E-state index in [4.69, 9.17) is 10.5 Å². The van der Waals surface area contributed by atoms with Crippen LogP contribution in [0.2, 0.25) is 0 Å². The number of nitrogens with zero attached hydrogens (tertiary/aromatic N) is 5. The summed E-state index contributed by atoms with van der Waals surface area (Å²) in [5, 5.41) is 30.7. The summed E-state index contributed by atoms with van der Waals surface area (Å²) in [6.45, 7) is -0.419. The summed E-state index contributed by atoms with van der Waals surface area (Å²) in [5.74, 6) is 0.250. The molecule has 0 radical (unpaired) electrons. The number of nitrogen functional groups attached to an aromatic ring is 1. The van der Waals surface area contributed by atoms with Crippen molar-refractivity contribution in [2.75, 3.05) is 12.3 Å². The fourth-order valence-electron chi connectivity index (χ4n) is 2.96. The minimum absolute atomic E-state index is 0.250. The molecule has 3 aromatic heterocycles. The molecule has 120 valence electrons. The quantitative estimate of drug-likeness (QED) is 0.445. The van der Waals surface area contributed by atoms with E-state index >= 15 is 0 Å². The molecule has 1 fully saturated rings. The smallest absolute Gasteiger partial charge is 0.166 e. The lowest BCUT2D eigenvalue weighted by atomic mass is 10.1. The van der Waals surface area contributed by atoms with Crippen molar-refractivity contribution in [1.29, 1.82) is 0 Å². The highest BCUT2D eigenvalue weighted by atomic mass is 16.6. The first kappa shape index (κ1) is 14.2. The number of hydrogen-bond acceptors (Lipinski definition) is 9. The Balaban J connectivity index is 2.01. The summed E-state index contributed by atoms with van der Waals surface area (Å²) in [7, 11) is 0. The second-order valence-electron chi connectivity index (χ2n) is 5.32. The summed E-state index contributed by atoms with van der Waals surface area (Å²) >= 11 is 0. The van der Waals surface area contributed by atoms with E-state index in [2.05, 4.69) is 19.9 Å². The molecule has 0 unspecified atom stereocenters. The number of nitrogens with two attached hydrogens (primary N) is 1. The van der Waals surface area contributed by atoms with Crippen LogP contribution >= 0.6 is 0 Å². The molecule has 4 rings (SSSR count). The lowest BCUT2D eigenvalue weighted by Crippen LogP contribution is -2.33. The number of anilines is 1. The van der Waals surface area contributed by atoms with Crippen LogP contribution in [0.4, 0.5) is 5.82 Å². The van der Waals surface area contributed by atoms with Gasteiger partial charge in [0.25, 0.3) is 0 Å². The molecule has 4 heterocycles. The van der Waals surface area contributed by atoms with Crippen molar-refractivity contribution in [3.8, 4) is 0 Å². The van der Waals surface area contributed by atoms with Crippen molar-refractivity contribution in [2.24, 2.45) is 0 Å². The highest BCUT2D eigenvalue weighted by Gasteiger charge is 2.44. The summed E-state index contributed by atoms with van der Waals surface area (Å²) in [5.41, 5.74) is 6.78. The van der Waals surface area contributed by atoms with E-state index in [0.717, 1.165) is 0 Å². The maximum Gasteiger partial charge on any atom is 0.166 e. The van der Waals surface area contributed by atoms with Crippen molar-refractivity contribution in [2.45, 2.75) is 24.5 Å². The van der Waals surface area contributed by atoms with Gasteiger partial charge < -0.3 is 25.8 Å². The molecule has 3 aromatic rings. The van der Waals surface area contributed by atoms with Gasteiger partial charge in [-0.15, -0.1) is 0 Å². The number of ether oxygens (including phenoxy) is 1. The Kier molecular flexibility index (Phi) is 3.13. The maximum absolute atomic E-state index is 10.3. The molecule has 1 saturated heterocycles. The van der Waals surface area contributed by atoms with Crippen molar-refractivity contribution in [3.63, 3.8) is 0 Å². The average molecular weight is 318 g/mol. The lowest BCUT2D eigenvalue weighted by molar-refractivity contribution is -0.0492. The second kappa shape index (κ2) is 5.06. The summed E-state index contributed by atoms with van der Waals surface area (Å²) in [6, 6.07) is 0. The number of hydrogen-bond donors (Lipinski definition) is 4. The third-order valence-corrected chi connectivity index (χ3v) is 4.05. The predicted molar refractivity (Wildman–Crippen MR) is 78.0 cm³/mol. The Morgan fingerprint density at radius 3 is 2.65 bits per heavy atom. The van der Waals surface area contributed by atoms with Gasteiger partial charge in [0.2, 0.25) is 0 Å². The standard InChI is InChI=1S/C13H14N6O4/c14-10-7-5-1-15-3-17-11(5)19(12(7)18-4-16-10)13-9(22)8(21)6(2-20)23-13/h1,3-4,6,8-9,13,20-22H,2H2,(H2,14,16,18)/t6-,8+,9-,13+/m0/s1. The van der Waals surface area contributed by atoms with Gasteiger partial charge in [-0.05, 0) is 0 Å². The van der Waals surface area contributed by atoms with Gasteiger partial charge in [0, 0.05) is 6.20 Å². The van der Waals surface area contributed by atoms with Gasteiger partial charge in [-0.1, -0.05) is 0 Å². The fourth-order valence-corrected chi connectivity index (χ4v) is 2.96. The molecule has 23 heavy (non-hydrogen) atoms. The van der Waals surface area contributed by atoms with Gasteiger partial charge in [-0.3, -0.25) is 4.57 Å². The molecule has 4 atom stereocenters. The van der Waals surface area contributed by atoms with Crippen LogP contribution in [0.15, 0.2) is 18.9 Å². The maximum atomic E-state index is 10.3. The zero-order chi connectivity index (χ0) is 16.1. The molecule has 1 aliphatic heterocycles. The van der Waals surface area contributed by atoms with Crippen LogP contribution in [0.25, 0.3) is 22.1 Å². The number of fused-ring (bicyclic) bond motifs is 3. The minimum Gasteiger partial charge on any atom is -0.394 e. The molecule has 0 amide bonds. The van der Waals surface area contributed by atoms with Crippen molar-refractivity contribution in [3.05, 3.63) is 18.9 Å². The average Bonchev–Trinajstić information content (AvgIpc) is 3.04. The van der Waals surface area contributed by atoms with Crippen molar-refractivity contribution in [1.82, 2.24) is 24.5 Å². The molecule has 10 nitrogen and oxygen atoms in total. The molecule has 0 aliphatic carbocycles. The predicted octanol–water partition coefficient (Wildman–Crippen LogP) is -1.43. The van der Waals surface area contributed by atoms with E-state index in [1.54, 1.807) is 6.20 Å². The van der Waals surface area contributed by atoms with Crippen LogP contribution in [0, 0.1) is 0 Å². The zero-order valence-corrected chi connectivity index (χ0v) is 11.8. The molecule has 0 saturated carbocycles. The van der Waals surface area contributed by atoms with E-state index < -0.39 is 31.1 Å². The second-order valence-corrected chi connectivity index (χ2v) is 5.32. The van der Waals surface area contributed by atoms with Crippen LogP contribution in [0.5, 0.6) is 0 Å². The van der Waals surface area contributed by atoms with Crippen LogP contribution in [0.3, 0.4) is 0 Å². The molecule has 1 aliphatic rings. The molecule has 0 spiro atoms. The van der Waals surface area contributed by atoms with Gasteiger partial charge in [0.1, 0.15) is 48.1 Å². The van der Waals surface area contributed by atoms with Gasteiger partial charge in [0.05, 0.1) is 17.4 Å². The van der Waals surface area contributed by atoms with Gasteiger partial charge in [-0.2, -0.15) is 0 Å². The Labute approximate surface area is 129 Å². The Morgan fingerprint density at radius 2 is 1.91 bits per heavy atom. The van der Waals surface area contributed by atoms with Gasteiger partial charge in [-0.25, -0.2) is 19.9 Å². The van der Waals surface area contributed by atoms with E-state index in [-0.39, 0.29) is 5.82 Å². The number of aromatic nitrogens is 5. The van der Waals surface area contributed by atoms with E-state index in [1.807, 2.05) is 0 Å². The lowest BCUT2D eigenvalue weighted by Gasteiger charge is -2.17. The van der Waals surface area contributed by atoms with Crippen LogP contribution in [0.1, 0.15) is 6.23 Å². The highest BCUT2D eigenvalue weighted by molar-refractivity contribution is 6.09. The molecule has 10 heteroatoms. The number of aliphatic hydroxyl groups is 3. The zero-order valence-electron chi connectivity index (χ0n) is 11.8. The first-order chi connectivity index (χ1) is 11.1. The third-order valence-electron chi connectivity index (χ3n) is 4.05. The fraction of sp³-hybridized carbons (Fsp3) is 0.385. The van der Waals surface area contributed by atoms with Crippen LogP contribution in [-0.2, 0) is 4.74 Å². The first-order valence-electron chi connectivity index (χ1n) is 6.96. The molecule has 0 bridgehead atoms. The number of rotatable bonds is 2. The van der Waals surface area contributed by atoms with Crippen molar-refractivity contribution >= 4 is 27.9 Å². The Bertz CT molecular complexity index is 883. The summed E-state index contributed by atoms with van der Waals surface area (Å²) in [6.07, 6.45) is -0.127. The van der Waals surface area contributed by atoms with E-state index in [1.165, 1.54) is 17.2 Å². The molecular formula is C13H14N6O4. The number of aliphatic hydroxyl groups excluding tert-OH is 3. The molecule has 5 N–H and O–H groups in total. The third kappa shape index (κ3) is 1.90. The van der Waals surface area contributed by atoms with E-state index in [9.17, 15) is 15.3 Å². The van der Waals surface area contributed by atoms with Crippen molar-refractivity contribution < 1.29 is 20.1 Å². The Morgan fingerprint density at radius 1 is 1.13 bits per heavy atom. The van der Waals surface area contributed by atoms with Crippen LogP contribution < -0.4 is 5.73 Å². The Hall–Kier alpha value is -2.40. The SMILES string of the molecule is Nc1ncnc2c1c1cncnc1n2[C@@H]1O[C@@H](CO)[C@@H](O)[C@@H]1O. The largest absolute Gasteiger partial charge is 0.394 e. The monoisotopic (exact) mass is 318 g/mol. The summed E-state index contributed by atoms with van der Waals surface area (Å²) < 4.78 is 7.12. The summed E-state index contributed by atoms with van der Waals surface area (Å²) in [4.78, 5) is 16.4. The molecular weight excluding hydrogens is 304 g/mol. The highest BCUT2D eigenvalue weighted by Crippen LogP contribution is 2.37. The first-order valence-corrected chi connectivity index (χ1v) is 6.96. The topological polar surface area (TPSA) is 152 Å². The normalized spacial score (nSPS) is 28.0. The van der Waals surface area contributed by atoms with Gasteiger partial charge >= 0.3 is 0 Å². The minimum atomic E-state index is -1.25. The van der Waals surface area contributed by atoms with E-state index in [0.29, 0.717) is 22.1 Å². The van der Waals surface area contributed by atoms with Crippen LogP contribution in [-0.4, -0.2) is 64.7 Å². The molecule has 0 aromatic carbocycles.